The number of anilines is 1. The molecule has 2 rings (SSSR count). The van der Waals surface area contributed by atoms with Crippen molar-refractivity contribution in [2.45, 2.75) is 6.18 Å². The van der Waals surface area contributed by atoms with Crippen LogP contribution in [0.5, 0.6) is 0 Å². The van der Waals surface area contributed by atoms with E-state index in [1.54, 1.807) is 0 Å². The largest absolute Gasteiger partial charge is 0.417 e. The molecule has 0 saturated carbocycles. The van der Waals surface area contributed by atoms with Crippen molar-refractivity contribution in [1.82, 2.24) is 15.0 Å². The lowest BCUT2D eigenvalue weighted by atomic mass is 10.2. The Morgan fingerprint density at radius 3 is 2.50 bits per heavy atom. The summed E-state index contributed by atoms with van der Waals surface area (Å²) in [6.07, 6.45) is -1.40. The Hall–Kier alpha value is -2.22. The number of pyridine rings is 1. The summed E-state index contributed by atoms with van der Waals surface area (Å²) in [6.45, 7) is 0. The molecule has 0 radical (unpaired) electrons. The molecule has 9 heteroatoms. The van der Waals surface area contributed by atoms with Crippen molar-refractivity contribution in [3.63, 3.8) is 0 Å². The summed E-state index contributed by atoms with van der Waals surface area (Å²) in [5, 5.41) is 2.39. The molecular formula is C11H6ClF3N4O. The number of carbonyl (C=O) groups excluding carboxylic acids is 1. The molecule has 0 unspecified atom stereocenters. The first-order chi connectivity index (χ1) is 9.36. The number of alkyl halides is 3. The molecule has 0 atom stereocenters. The number of rotatable bonds is 2. The monoisotopic (exact) mass is 302 g/mol. The highest BCUT2D eigenvalue weighted by atomic mass is 35.5. The van der Waals surface area contributed by atoms with Crippen molar-refractivity contribution in [3.8, 4) is 0 Å². The Morgan fingerprint density at radius 1 is 1.20 bits per heavy atom. The van der Waals surface area contributed by atoms with Crippen LogP contribution in [0.2, 0.25) is 5.15 Å². The van der Waals surface area contributed by atoms with Crippen LogP contribution in [-0.4, -0.2) is 20.9 Å². The smallest absolute Gasteiger partial charge is 0.304 e. The highest BCUT2D eigenvalue weighted by Gasteiger charge is 2.30. The third-order valence-corrected chi connectivity index (χ3v) is 2.35. The van der Waals surface area contributed by atoms with Gasteiger partial charge in [0.25, 0.3) is 5.91 Å². The second kappa shape index (κ2) is 5.41. The number of nitrogens with zero attached hydrogens (tertiary/aromatic N) is 3. The molecular weight excluding hydrogens is 297 g/mol. The zero-order valence-electron chi connectivity index (χ0n) is 9.65. The van der Waals surface area contributed by atoms with Gasteiger partial charge in [0.05, 0.1) is 18.0 Å². The van der Waals surface area contributed by atoms with E-state index in [1.807, 2.05) is 0 Å². The predicted octanol–water partition coefficient (Wildman–Crippen LogP) is 2.80. The third-order valence-electron chi connectivity index (χ3n) is 2.17. The number of aromatic nitrogens is 3. The normalized spacial score (nSPS) is 11.2. The Bertz CT molecular complexity index is 630. The van der Waals surface area contributed by atoms with Crippen LogP contribution >= 0.6 is 11.6 Å². The number of halogens is 4. The molecule has 104 valence electrons. The molecule has 2 aromatic heterocycles. The fraction of sp³-hybridized carbons (Fsp3) is 0.0909. The number of carbonyl (C=O) groups is 1. The van der Waals surface area contributed by atoms with E-state index in [1.165, 1.54) is 12.4 Å². The summed E-state index contributed by atoms with van der Waals surface area (Å²) in [5.74, 6) is -0.639. The Morgan fingerprint density at radius 2 is 1.95 bits per heavy atom. The molecule has 0 saturated heterocycles. The van der Waals surface area contributed by atoms with E-state index in [0.717, 1.165) is 12.1 Å². The molecule has 0 aliphatic rings. The molecule has 2 heterocycles. The molecule has 2 aromatic rings. The van der Waals surface area contributed by atoms with Gasteiger partial charge in [-0.2, -0.15) is 13.2 Å². The topological polar surface area (TPSA) is 67.8 Å². The zero-order valence-corrected chi connectivity index (χ0v) is 10.4. The van der Waals surface area contributed by atoms with Crippen LogP contribution in [0.4, 0.5) is 19.0 Å². The van der Waals surface area contributed by atoms with Gasteiger partial charge in [-0.1, -0.05) is 11.6 Å². The standard InChI is InChI=1S/C11H6ClF3N4O/c12-8-4-16-5-9(18-8)19-10(20)7-2-1-6(3-17-7)11(13,14)15/h1-5H,(H,18,19,20). The van der Waals surface area contributed by atoms with E-state index in [4.69, 9.17) is 11.6 Å². The van der Waals surface area contributed by atoms with Crippen LogP contribution in [0.3, 0.4) is 0 Å². The first kappa shape index (κ1) is 14.2. The molecule has 0 spiro atoms. The van der Waals surface area contributed by atoms with Crippen molar-refractivity contribution in [1.29, 1.82) is 0 Å². The van der Waals surface area contributed by atoms with Crippen molar-refractivity contribution in [3.05, 3.63) is 47.1 Å². The second-order valence-electron chi connectivity index (χ2n) is 3.61. The summed E-state index contributed by atoms with van der Waals surface area (Å²) in [4.78, 5) is 22.6. The van der Waals surface area contributed by atoms with Crippen molar-refractivity contribution in [2.24, 2.45) is 0 Å². The number of hydrogen-bond donors (Lipinski definition) is 1. The molecule has 0 aromatic carbocycles. The molecule has 0 aliphatic heterocycles. The van der Waals surface area contributed by atoms with Gasteiger partial charge in [-0.05, 0) is 12.1 Å². The summed E-state index contributed by atoms with van der Waals surface area (Å²) in [6, 6.07) is 1.74. The minimum absolute atomic E-state index is 0.0724. The van der Waals surface area contributed by atoms with Crippen molar-refractivity contribution < 1.29 is 18.0 Å². The van der Waals surface area contributed by atoms with E-state index in [-0.39, 0.29) is 16.7 Å². The van der Waals surface area contributed by atoms with Gasteiger partial charge < -0.3 is 5.32 Å². The van der Waals surface area contributed by atoms with E-state index in [2.05, 4.69) is 20.3 Å². The van der Waals surface area contributed by atoms with Crippen LogP contribution in [-0.2, 0) is 6.18 Å². The molecule has 1 N–H and O–H groups in total. The summed E-state index contributed by atoms with van der Waals surface area (Å²) < 4.78 is 37.0. The SMILES string of the molecule is O=C(Nc1cncc(Cl)n1)c1ccc(C(F)(F)F)cn1. The molecule has 5 nitrogen and oxygen atoms in total. The summed E-state index contributed by atoms with van der Waals surface area (Å²) in [5.41, 5.74) is -1.11. The van der Waals surface area contributed by atoms with Crippen LogP contribution in [0, 0.1) is 0 Å². The third kappa shape index (κ3) is 3.41. The average molecular weight is 303 g/mol. The maximum Gasteiger partial charge on any atom is 0.417 e. The van der Waals surface area contributed by atoms with Crippen LogP contribution < -0.4 is 5.32 Å². The molecule has 0 bridgehead atoms. The van der Waals surface area contributed by atoms with Gasteiger partial charge in [-0.15, -0.1) is 0 Å². The molecule has 20 heavy (non-hydrogen) atoms. The van der Waals surface area contributed by atoms with Gasteiger partial charge in [-0.3, -0.25) is 14.8 Å². The number of amides is 1. The van der Waals surface area contributed by atoms with Crippen molar-refractivity contribution in [2.75, 3.05) is 5.32 Å². The van der Waals surface area contributed by atoms with Gasteiger partial charge in [0.1, 0.15) is 10.8 Å². The zero-order chi connectivity index (χ0) is 14.8. The van der Waals surface area contributed by atoms with E-state index in [0.29, 0.717) is 6.20 Å². The Labute approximate surface area is 115 Å². The maximum absolute atomic E-state index is 12.3. The van der Waals surface area contributed by atoms with Gasteiger partial charge in [0, 0.05) is 6.20 Å². The fourth-order valence-corrected chi connectivity index (χ4v) is 1.43. The first-order valence-corrected chi connectivity index (χ1v) is 5.56. The minimum Gasteiger partial charge on any atom is -0.304 e. The highest BCUT2D eigenvalue weighted by molar-refractivity contribution is 6.29. The lowest BCUT2D eigenvalue weighted by Gasteiger charge is -2.07. The quantitative estimate of drug-likeness (QED) is 0.926. The number of hydrogen-bond acceptors (Lipinski definition) is 4. The van der Waals surface area contributed by atoms with Gasteiger partial charge in [0.2, 0.25) is 0 Å². The second-order valence-corrected chi connectivity index (χ2v) is 4.00. The van der Waals surface area contributed by atoms with Gasteiger partial charge in [-0.25, -0.2) is 4.98 Å². The van der Waals surface area contributed by atoms with Crippen LogP contribution in [0.1, 0.15) is 16.1 Å². The Kier molecular flexibility index (Phi) is 3.84. The lowest BCUT2D eigenvalue weighted by Crippen LogP contribution is -2.15. The predicted molar refractivity (Wildman–Crippen MR) is 64.2 cm³/mol. The van der Waals surface area contributed by atoms with Crippen LogP contribution in [0.15, 0.2) is 30.7 Å². The van der Waals surface area contributed by atoms with E-state index in [9.17, 15) is 18.0 Å². The average Bonchev–Trinajstić information content (AvgIpc) is 2.38. The molecule has 0 fully saturated rings. The van der Waals surface area contributed by atoms with Gasteiger partial charge >= 0.3 is 6.18 Å². The fourth-order valence-electron chi connectivity index (χ4n) is 1.28. The van der Waals surface area contributed by atoms with E-state index >= 15 is 0 Å². The summed E-state index contributed by atoms with van der Waals surface area (Å²) >= 11 is 5.58. The summed E-state index contributed by atoms with van der Waals surface area (Å²) in [7, 11) is 0. The Balaban J connectivity index is 2.14. The lowest BCUT2D eigenvalue weighted by molar-refractivity contribution is -0.137. The highest BCUT2D eigenvalue weighted by Crippen LogP contribution is 2.28. The van der Waals surface area contributed by atoms with Gasteiger partial charge in [0.15, 0.2) is 5.82 Å². The van der Waals surface area contributed by atoms with Crippen LogP contribution in [0.25, 0.3) is 0 Å². The van der Waals surface area contributed by atoms with E-state index < -0.39 is 17.6 Å². The maximum atomic E-state index is 12.3. The number of nitrogens with one attached hydrogen (secondary N) is 1. The first-order valence-electron chi connectivity index (χ1n) is 5.18. The minimum atomic E-state index is -4.50. The molecule has 0 aliphatic carbocycles. The molecule has 1 amide bonds. The van der Waals surface area contributed by atoms with Crippen molar-refractivity contribution >= 4 is 23.3 Å².